The average Bonchev–Trinajstić information content (AvgIpc) is 2.37. The molecule has 0 radical (unpaired) electrons. The van der Waals surface area contributed by atoms with Crippen molar-refractivity contribution in [3.8, 4) is 0 Å². The normalized spacial score (nSPS) is 16.9. The number of hydrogen-bond donors (Lipinski definition) is 0. The summed E-state index contributed by atoms with van der Waals surface area (Å²) in [6, 6.07) is 0. The van der Waals surface area contributed by atoms with Crippen molar-refractivity contribution >= 4 is 10.1 Å². The van der Waals surface area contributed by atoms with Crippen LogP contribution in [0.4, 0.5) is 74.6 Å². The molecular formula is C8F17O3S-. The van der Waals surface area contributed by atoms with Crippen LogP contribution in [0.5, 0.6) is 0 Å². The van der Waals surface area contributed by atoms with Gasteiger partial charge >= 0.3 is 41.3 Å². The van der Waals surface area contributed by atoms with Crippen molar-refractivity contribution in [3.05, 3.63) is 0 Å². The summed E-state index contributed by atoms with van der Waals surface area (Å²) in [5.41, 5.74) is -28.0. The lowest BCUT2D eigenvalue weighted by Gasteiger charge is -2.51. The summed E-state index contributed by atoms with van der Waals surface area (Å²) in [4.78, 5) is 0. The second kappa shape index (κ2) is 6.36. The van der Waals surface area contributed by atoms with Crippen molar-refractivity contribution in [1.29, 1.82) is 0 Å². The molecule has 0 aromatic rings. The zero-order valence-electron chi connectivity index (χ0n) is 12.1. The third kappa shape index (κ3) is 3.26. The third-order valence-electron chi connectivity index (χ3n) is 3.23. The highest BCUT2D eigenvalue weighted by molar-refractivity contribution is 7.86. The summed E-state index contributed by atoms with van der Waals surface area (Å²) in [6.07, 6.45) is -34.6. The van der Waals surface area contributed by atoms with Gasteiger partial charge in [-0.2, -0.15) is 61.5 Å². The van der Waals surface area contributed by atoms with Crippen molar-refractivity contribution in [2.75, 3.05) is 0 Å². The lowest BCUT2D eigenvalue weighted by Crippen LogP contribution is -2.85. The molecule has 0 saturated heterocycles. The van der Waals surface area contributed by atoms with E-state index in [1.165, 1.54) is 0 Å². The van der Waals surface area contributed by atoms with Gasteiger partial charge in [0.1, 0.15) is 0 Å². The monoisotopic (exact) mass is 499 g/mol. The van der Waals surface area contributed by atoms with Gasteiger partial charge in [-0.3, -0.25) is 0 Å². The van der Waals surface area contributed by atoms with E-state index in [1.807, 2.05) is 0 Å². The standard InChI is InChI=1S/C8HF17O3S/c9-1(8(24,25)29(26,27)28,2(10,4(12,13)14)5(15,16)17)3(11,6(18,19)20)7(21,22)23/h(H,26,27,28)/p-1. The smallest absolute Gasteiger partial charge is 0.435 e. The first-order chi connectivity index (χ1) is 12.0. The summed E-state index contributed by atoms with van der Waals surface area (Å²) in [7, 11) is -8.81. The Morgan fingerprint density at radius 1 is 0.414 bits per heavy atom. The van der Waals surface area contributed by atoms with E-state index in [0.717, 1.165) is 0 Å². The molecule has 0 aliphatic rings. The molecule has 0 heterocycles. The summed E-state index contributed by atoms with van der Waals surface area (Å²) in [6.45, 7) is 0. The van der Waals surface area contributed by atoms with E-state index in [1.54, 1.807) is 0 Å². The Kier molecular flexibility index (Phi) is 6.08. The minimum Gasteiger partial charge on any atom is -0.743 e. The van der Waals surface area contributed by atoms with Crippen LogP contribution in [-0.2, 0) is 10.1 Å². The maximum absolute atomic E-state index is 14.2. The van der Waals surface area contributed by atoms with Gasteiger partial charge in [0, 0.05) is 0 Å². The van der Waals surface area contributed by atoms with Crippen molar-refractivity contribution in [2.24, 2.45) is 0 Å². The van der Waals surface area contributed by atoms with Gasteiger partial charge in [0.15, 0.2) is 10.1 Å². The molecule has 3 nitrogen and oxygen atoms in total. The minimum absolute atomic E-state index is 8.65. The molecule has 0 bridgehead atoms. The third-order valence-corrected chi connectivity index (χ3v) is 4.14. The zero-order valence-corrected chi connectivity index (χ0v) is 12.9. The fraction of sp³-hybridized carbons (Fsp3) is 1.00. The summed E-state index contributed by atoms with van der Waals surface area (Å²) >= 11 is 0. The molecule has 0 aromatic heterocycles. The molecular weight excluding hydrogens is 499 g/mol. The second-order valence-corrected chi connectivity index (χ2v) is 6.36. The zero-order chi connectivity index (χ0) is 24.5. The molecule has 0 aromatic carbocycles. The maximum Gasteiger partial charge on any atom is 0.435 e. The van der Waals surface area contributed by atoms with Crippen LogP contribution in [0.25, 0.3) is 0 Å². The van der Waals surface area contributed by atoms with Gasteiger partial charge in [-0.1, -0.05) is 0 Å². The van der Waals surface area contributed by atoms with Crippen molar-refractivity contribution in [3.63, 3.8) is 0 Å². The fourth-order valence-electron chi connectivity index (χ4n) is 1.91. The molecule has 0 N–H and O–H groups in total. The van der Waals surface area contributed by atoms with Gasteiger partial charge in [0.25, 0.3) is 5.67 Å². The molecule has 0 spiro atoms. The van der Waals surface area contributed by atoms with Crippen LogP contribution in [0, 0.1) is 0 Å². The van der Waals surface area contributed by atoms with Crippen LogP contribution in [0.2, 0.25) is 0 Å². The largest absolute Gasteiger partial charge is 0.743 e. The maximum atomic E-state index is 14.2. The molecule has 176 valence electrons. The average molecular weight is 499 g/mol. The molecule has 0 aliphatic heterocycles. The topological polar surface area (TPSA) is 57.2 Å². The molecule has 0 unspecified atom stereocenters. The minimum atomic E-state index is -9.54. The molecule has 21 heteroatoms. The van der Waals surface area contributed by atoms with Crippen LogP contribution < -0.4 is 0 Å². The van der Waals surface area contributed by atoms with E-state index in [2.05, 4.69) is 0 Å². The highest BCUT2D eigenvalue weighted by Crippen LogP contribution is 2.69. The van der Waals surface area contributed by atoms with Crippen molar-refractivity contribution in [2.45, 2.75) is 47.0 Å². The Bertz CT molecular complexity index is 656. The lowest BCUT2D eigenvalue weighted by molar-refractivity contribution is -0.462. The van der Waals surface area contributed by atoms with Gasteiger partial charge in [0.05, 0.1) is 0 Å². The summed E-state index contributed by atoms with van der Waals surface area (Å²) in [5, 5.41) is -8.79. The Morgan fingerprint density at radius 3 is 0.690 bits per heavy atom. The number of rotatable bonds is 4. The Morgan fingerprint density at radius 2 is 0.586 bits per heavy atom. The van der Waals surface area contributed by atoms with E-state index >= 15 is 0 Å². The van der Waals surface area contributed by atoms with E-state index < -0.39 is 57.1 Å². The molecule has 0 aliphatic carbocycles. The Balaban J connectivity index is 8.26. The molecule has 0 atom stereocenters. The number of alkyl halides is 17. The van der Waals surface area contributed by atoms with E-state index in [0.29, 0.717) is 0 Å². The van der Waals surface area contributed by atoms with Crippen LogP contribution in [0.3, 0.4) is 0 Å². The highest BCUT2D eigenvalue weighted by Gasteiger charge is 3.02. The molecule has 0 amide bonds. The summed E-state index contributed by atoms with van der Waals surface area (Å²) < 4.78 is 248. The van der Waals surface area contributed by atoms with Gasteiger partial charge in [-0.15, -0.1) is 0 Å². The Hall–Kier alpha value is -1.28. The predicted octanol–water partition coefficient (Wildman–Crippen LogP) is 4.50. The molecule has 29 heavy (non-hydrogen) atoms. The van der Waals surface area contributed by atoms with Crippen molar-refractivity contribution < 1.29 is 87.6 Å². The first-order valence-electron chi connectivity index (χ1n) is 5.67. The van der Waals surface area contributed by atoms with E-state index in [-0.39, 0.29) is 0 Å². The van der Waals surface area contributed by atoms with Gasteiger partial charge in [-0.05, 0) is 0 Å². The van der Waals surface area contributed by atoms with Crippen LogP contribution in [-0.4, -0.2) is 59.9 Å². The molecule has 0 rings (SSSR count). The fourth-order valence-corrected chi connectivity index (χ4v) is 2.54. The van der Waals surface area contributed by atoms with Gasteiger partial charge in [-0.25, -0.2) is 21.6 Å². The number of halogens is 17. The first kappa shape index (κ1) is 27.7. The predicted molar refractivity (Wildman–Crippen MR) is 50.4 cm³/mol. The van der Waals surface area contributed by atoms with E-state index in [9.17, 15) is 87.6 Å². The van der Waals surface area contributed by atoms with Crippen LogP contribution in [0.1, 0.15) is 0 Å². The van der Waals surface area contributed by atoms with Gasteiger partial charge in [0.2, 0.25) is 0 Å². The van der Waals surface area contributed by atoms with Crippen LogP contribution in [0.15, 0.2) is 0 Å². The van der Waals surface area contributed by atoms with Gasteiger partial charge < -0.3 is 4.55 Å². The second-order valence-electron chi connectivity index (χ2n) is 4.94. The van der Waals surface area contributed by atoms with Crippen LogP contribution >= 0.6 is 0 Å². The van der Waals surface area contributed by atoms with Crippen molar-refractivity contribution in [1.82, 2.24) is 0 Å². The van der Waals surface area contributed by atoms with E-state index in [4.69, 9.17) is 0 Å². The molecule has 0 saturated carbocycles. The first-order valence-corrected chi connectivity index (χ1v) is 7.08. The molecule has 0 fully saturated rings. The SMILES string of the molecule is O=S(=O)([O-])C(F)(F)C(F)(C(F)(C(F)(F)F)C(F)(F)F)C(F)(C(F)(F)F)C(F)(F)F. The Labute approximate surface area is 146 Å². The highest BCUT2D eigenvalue weighted by atomic mass is 32.2. The lowest BCUT2D eigenvalue weighted by atomic mass is 9.71. The summed E-state index contributed by atoms with van der Waals surface area (Å²) in [5.74, 6) is 0. The number of hydrogen-bond acceptors (Lipinski definition) is 3. The quantitative estimate of drug-likeness (QED) is 0.423.